The third kappa shape index (κ3) is 2.67. The molecule has 0 fully saturated rings. The van der Waals surface area contributed by atoms with Gasteiger partial charge in [0.2, 0.25) is 0 Å². The van der Waals surface area contributed by atoms with Crippen LogP contribution in [0.2, 0.25) is 0 Å². The topological polar surface area (TPSA) is 34.8 Å². The predicted molar refractivity (Wildman–Crippen MR) is 118 cm³/mol. The Bertz CT molecular complexity index is 1170. The number of hydrogen-bond acceptors (Lipinski definition) is 1. The smallest absolute Gasteiger partial charge is 0.0457 e. The van der Waals surface area contributed by atoms with Gasteiger partial charge in [0.15, 0.2) is 0 Å². The summed E-state index contributed by atoms with van der Waals surface area (Å²) < 4.78 is 0. The van der Waals surface area contributed by atoms with Gasteiger partial charge in [0.25, 0.3) is 0 Å². The Balaban J connectivity index is 1.75. The van der Waals surface area contributed by atoms with Crippen molar-refractivity contribution in [1.82, 2.24) is 9.97 Å². The molecule has 0 aliphatic rings. The third-order valence-corrected chi connectivity index (χ3v) is 5.61. The molecule has 138 valence electrons. The number of hydrogen-bond donors (Lipinski definition) is 2. The van der Waals surface area contributed by atoms with Crippen molar-refractivity contribution in [2.24, 2.45) is 0 Å². The van der Waals surface area contributed by atoms with Crippen LogP contribution >= 0.6 is 0 Å². The van der Waals surface area contributed by atoms with Crippen LogP contribution in [0.25, 0.3) is 21.8 Å². The van der Waals surface area contributed by atoms with Crippen LogP contribution < -0.4 is 4.90 Å². The Morgan fingerprint density at radius 3 is 1.64 bits per heavy atom. The van der Waals surface area contributed by atoms with Crippen molar-refractivity contribution >= 4 is 27.5 Å². The fraction of sp³-hybridized carbons (Fsp3) is 0.120. The maximum atomic E-state index is 3.46. The zero-order valence-corrected chi connectivity index (χ0v) is 16.1. The van der Waals surface area contributed by atoms with Gasteiger partial charge in [0, 0.05) is 59.9 Å². The van der Waals surface area contributed by atoms with Gasteiger partial charge in [-0.05, 0) is 41.0 Å². The van der Waals surface area contributed by atoms with Crippen molar-refractivity contribution < 1.29 is 0 Å². The molecule has 0 unspecified atom stereocenters. The number of benzene rings is 3. The van der Waals surface area contributed by atoms with Crippen molar-refractivity contribution in [2.45, 2.75) is 5.92 Å². The Morgan fingerprint density at radius 2 is 1.14 bits per heavy atom. The van der Waals surface area contributed by atoms with Gasteiger partial charge in [-0.2, -0.15) is 0 Å². The van der Waals surface area contributed by atoms with E-state index in [4.69, 9.17) is 0 Å². The molecule has 2 N–H and O–H groups in total. The number of rotatable bonds is 4. The molecule has 0 bridgehead atoms. The van der Waals surface area contributed by atoms with Crippen molar-refractivity contribution in [3.8, 4) is 0 Å². The molecule has 0 spiro atoms. The molecule has 0 aliphatic heterocycles. The zero-order chi connectivity index (χ0) is 19.1. The van der Waals surface area contributed by atoms with E-state index in [2.05, 4.69) is 114 Å². The molecule has 3 aromatic carbocycles. The van der Waals surface area contributed by atoms with Gasteiger partial charge in [-0.3, -0.25) is 0 Å². The highest BCUT2D eigenvalue weighted by atomic mass is 15.1. The normalized spacial score (nSPS) is 11.5. The number of nitrogens with zero attached hydrogens (tertiary/aromatic N) is 1. The first-order valence-corrected chi connectivity index (χ1v) is 9.61. The molecule has 3 nitrogen and oxygen atoms in total. The number of aromatic nitrogens is 2. The molecule has 28 heavy (non-hydrogen) atoms. The molecule has 5 rings (SSSR count). The lowest BCUT2D eigenvalue weighted by Gasteiger charge is -2.19. The zero-order valence-electron chi connectivity index (χ0n) is 16.1. The molecule has 2 heterocycles. The summed E-state index contributed by atoms with van der Waals surface area (Å²) in [5.41, 5.74) is 7.45. The summed E-state index contributed by atoms with van der Waals surface area (Å²) in [5.74, 6) is 0.156. The lowest BCUT2D eigenvalue weighted by Crippen LogP contribution is -2.09. The highest BCUT2D eigenvalue weighted by Gasteiger charge is 2.23. The van der Waals surface area contributed by atoms with Gasteiger partial charge < -0.3 is 14.9 Å². The quantitative estimate of drug-likeness (QED) is 0.409. The average Bonchev–Trinajstić information content (AvgIpc) is 3.34. The summed E-state index contributed by atoms with van der Waals surface area (Å²) in [6.45, 7) is 0. The summed E-state index contributed by atoms with van der Waals surface area (Å²) in [6, 6.07) is 26.0. The van der Waals surface area contributed by atoms with E-state index in [1.165, 1.54) is 44.2 Å². The molecular weight excluding hydrogens is 342 g/mol. The number of aromatic amines is 2. The number of nitrogens with one attached hydrogen (secondary N) is 2. The number of anilines is 1. The summed E-state index contributed by atoms with van der Waals surface area (Å²) in [6.07, 6.45) is 4.33. The minimum atomic E-state index is 0.156. The van der Waals surface area contributed by atoms with Crippen LogP contribution in [0.1, 0.15) is 22.6 Å². The Labute approximate surface area is 164 Å². The first-order chi connectivity index (χ1) is 13.7. The van der Waals surface area contributed by atoms with E-state index in [0.717, 1.165) is 0 Å². The standard InChI is InChI=1S/C25H23N3/c1-28(2)18-13-11-17(12-14-18)25(21-15-26-23-9-5-3-7-19(21)23)22-16-27-24-10-6-4-8-20(22)24/h3-16,25-27H,1-2H3. The predicted octanol–water partition coefficient (Wildman–Crippen LogP) is 5.90. The minimum Gasteiger partial charge on any atom is -0.378 e. The SMILES string of the molecule is CN(C)c1ccc(C(c2c[nH]c3ccccc23)c2c[nH]c3ccccc23)cc1. The fourth-order valence-corrected chi connectivity index (χ4v) is 4.16. The molecule has 0 amide bonds. The van der Waals surface area contributed by atoms with Crippen LogP contribution in [-0.4, -0.2) is 24.1 Å². The largest absolute Gasteiger partial charge is 0.378 e. The number of fused-ring (bicyclic) bond motifs is 2. The van der Waals surface area contributed by atoms with Gasteiger partial charge in [0.05, 0.1) is 0 Å². The lowest BCUT2D eigenvalue weighted by atomic mass is 9.84. The summed E-state index contributed by atoms with van der Waals surface area (Å²) >= 11 is 0. The maximum absolute atomic E-state index is 3.46. The van der Waals surface area contributed by atoms with Gasteiger partial charge >= 0.3 is 0 Å². The molecule has 3 heteroatoms. The second kappa shape index (κ2) is 6.61. The molecule has 0 aliphatic carbocycles. The van der Waals surface area contributed by atoms with Crippen molar-refractivity contribution in [3.05, 3.63) is 102 Å². The average molecular weight is 365 g/mol. The van der Waals surface area contributed by atoms with E-state index in [-0.39, 0.29) is 5.92 Å². The van der Waals surface area contributed by atoms with Crippen molar-refractivity contribution in [3.63, 3.8) is 0 Å². The third-order valence-electron chi connectivity index (χ3n) is 5.61. The van der Waals surface area contributed by atoms with Crippen molar-refractivity contribution in [1.29, 1.82) is 0 Å². The number of H-pyrrole nitrogens is 2. The van der Waals surface area contributed by atoms with E-state index in [1.54, 1.807) is 0 Å². The monoisotopic (exact) mass is 365 g/mol. The molecule has 2 aromatic heterocycles. The molecule has 5 aromatic rings. The van der Waals surface area contributed by atoms with Gasteiger partial charge in [-0.25, -0.2) is 0 Å². The highest BCUT2D eigenvalue weighted by Crippen LogP contribution is 2.39. The van der Waals surface area contributed by atoms with Crippen LogP contribution in [0.3, 0.4) is 0 Å². The van der Waals surface area contributed by atoms with Gasteiger partial charge in [-0.1, -0.05) is 48.5 Å². The molecule has 0 saturated carbocycles. The first-order valence-electron chi connectivity index (χ1n) is 9.61. The Kier molecular flexibility index (Phi) is 3.94. The van der Waals surface area contributed by atoms with E-state index in [0.29, 0.717) is 0 Å². The molecule has 0 atom stereocenters. The maximum Gasteiger partial charge on any atom is 0.0457 e. The van der Waals surface area contributed by atoms with Crippen LogP contribution in [0.5, 0.6) is 0 Å². The van der Waals surface area contributed by atoms with Crippen LogP contribution in [-0.2, 0) is 0 Å². The van der Waals surface area contributed by atoms with Crippen LogP contribution in [0.15, 0.2) is 85.2 Å². The molecular formula is C25H23N3. The lowest BCUT2D eigenvalue weighted by molar-refractivity contribution is 0.995. The van der Waals surface area contributed by atoms with E-state index in [9.17, 15) is 0 Å². The second-order valence-corrected chi connectivity index (χ2v) is 7.50. The second-order valence-electron chi connectivity index (χ2n) is 7.50. The Hall–Kier alpha value is -3.46. The van der Waals surface area contributed by atoms with E-state index >= 15 is 0 Å². The van der Waals surface area contributed by atoms with Crippen molar-refractivity contribution in [2.75, 3.05) is 19.0 Å². The number of para-hydroxylation sites is 2. The van der Waals surface area contributed by atoms with E-state index in [1.807, 2.05) is 0 Å². The van der Waals surface area contributed by atoms with Gasteiger partial charge in [0.1, 0.15) is 0 Å². The first kappa shape index (κ1) is 16.7. The minimum absolute atomic E-state index is 0.156. The molecule has 0 saturated heterocycles. The summed E-state index contributed by atoms with van der Waals surface area (Å²) in [5, 5.41) is 2.55. The van der Waals surface area contributed by atoms with Gasteiger partial charge in [-0.15, -0.1) is 0 Å². The summed E-state index contributed by atoms with van der Waals surface area (Å²) in [7, 11) is 4.15. The van der Waals surface area contributed by atoms with Crippen LogP contribution in [0, 0.1) is 0 Å². The molecule has 0 radical (unpaired) electrons. The van der Waals surface area contributed by atoms with E-state index < -0.39 is 0 Å². The fourth-order valence-electron chi connectivity index (χ4n) is 4.16. The Morgan fingerprint density at radius 1 is 0.643 bits per heavy atom. The van der Waals surface area contributed by atoms with Crippen LogP contribution in [0.4, 0.5) is 5.69 Å². The highest BCUT2D eigenvalue weighted by molar-refractivity contribution is 5.89. The summed E-state index contributed by atoms with van der Waals surface area (Å²) in [4.78, 5) is 9.05.